The van der Waals surface area contributed by atoms with E-state index in [0.29, 0.717) is 11.6 Å². The molecule has 0 bridgehead atoms. The number of hydrogen-bond acceptors (Lipinski definition) is 3. The summed E-state index contributed by atoms with van der Waals surface area (Å²) >= 11 is 5.92. The number of halogens is 1. The van der Waals surface area contributed by atoms with Crippen molar-refractivity contribution in [2.45, 2.75) is 25.0 Å². The van der Waals surface area contributed by atoms with E-state index in [9.17, 15) is 9.90 Å². The van der Waals surface area contributed by atoms with Gasteiger partial charge in [0.15, 0.2) is 0 Å². The highest BCUT2D eigenvalue weighted by Gasteiger charge is 2.31. The second-order valence-electron chi connectivity index (χ2n) is 4.84. The number of amides is 1. The van der Waals surface area contributed by atoms with Crippen LogP contribution in [0, 0.1) is 0 Å². The molecular formula is C14H19ClN2O2. The van der Waals surface area contributed by atoms with Gasteiger partial charge in [-0.25, -0.2) is 0 Å². The molecule has 0 aliphatic carbocycles. The van der Waals surface area contributed by atoms with Gasteiger partial charge in [0.25, 0.3) is 0 Å². The minimum absolute atomic E-state index is 0.0239. The van der Waals surface area contributed by atoms with Gasteiger partial charge in [-0.3, -0.25) is 9.69 Å². The number of aliphatic hydroxyl groups is 1. The molecule has 2 N–H and O–H groups in total. The Bertz CT molecular complexity index is 453. The monoisotopic (exact) mass is 282 g/mol. The Morgan fingerprint density at radius 2 is 2.42 bits per heavy atom. The van der Waals surface area contributed by atoms with Crippen LogP contribution in [0.25, 0.3) is 0 Å². The van der Waals surface area contributed by atoms with Gasteiger partial charge in [0.1, 0.15) is 0 Å². The van der Waals surface area contributed by atoms with Crippen LogP contribution in [0.2, 0.25) is 5.02 Å². The lowest BCUT2D eigenvalue weighted by atomic mass is 10.1. The minimum atomic E-state index is -0.621. The van der Waals surface area contributed by atoms with Gasteiger partial charge in [-0.15, -0.1) is 0 Å². The predicted octanol–water partition coefficient (Wildman–Crippen LogP) is 1.58. The summed E-state index contributed by atoms with van der Waals surface area (Å²) in [6.45, 7) is 1.30. The van der Waals surface area contributed by atoms with Gasteiger partial charge < -0.3 is 10.4 Å². The number of carbonyl (C=O) groups excluding carboxylic acids is 1. The summed E-state index contributed by atoms with van der Waals surface area (Å²) in [6, 6.07) is 7.08. The van der Waals surface area contributed by atoms with Crippen molar-refractivity contribution in [3.63, 3.8) is 0 Å². The van der Waals surface area contributed by atoms with Crippen LogP contribution in [0.4, 0.5) is 0 Å². The fourth-order valence-electron chi connectivity index (χ4n) is 2.55. The Labute approximate surface area is 118 Å². The smallest absolute Gasteiger partial charge is 0.237 e. The Hall–Kier alpha value is -1.10. The lowest BCUT2D eigenvalue weighted by Gasteiger charge is -2.25. The van der Waals surface area contributed by atoms with Gasteiger partial charge in [-0.2, -0.15) is 0 Å². The highest BCUT2D eigenvalue weighted by molar-refractivity contribution is 6.30. The Kier molecular flexibility index (Phi) is 4.80. The SMILES string of the molecule is CNC(=O)[C@@H]1CCCN1C[C@H](O)c1cccc(Cl)c1. The number of likely N-dealkylation sites (tertiary alicyclic amines) is 1. The molecule has 0 spiro atoms. The zero-order valence-electron chi connectivity index (χ0n) is 11.0. The Morgan fingerprint density at radius 3 is 3.11 bits per heavy atom. The first-order chi connectivity index (χ1) is 9.11. The first-order valence-corrected chi connectivity index (χ1v) is 6.89. The lowest BCUT2D eigenvalue weighted by Crippen LogP contribution is -2.43. The van der Waals surface area contributed by atoms with Crippen LogP contribution in [0.15, 0.2) is 24.3 Å². The van der Waals surface area contributed by atoms with Crippen molar-refractivity contribution in [1.29, 1.82) is 0 Å². The average molecular weight is 283 g/mol. The van der Waals surface area contributed by atoms with Crippen LogP contribution >= 0.6 is 11.6 Å². The molecule has 2 atom stereocenters. The number of β-amino-alcohol motifs (C(OH)–C–C–N with tert-alkyl or cyclic N) is 1. The first-order valence-electron chi connectivity index (χ1n) is 6.51. The number of hydrogen-bond donors (Lipinski definition) is 2. The zero-order chi connectivity index (χ0) is 13.8. The van der Waals surface area contributed by atoms with E-state index in [1.807, 2.05) is 17.0 Å². The molecule has 0 unspecified atom stereocenters. The molecule has 1 heterocycles. The zero-order valence-corrected chi connectivity index (χ0v) is 11.7. The van der Waals surface area contributed by atoms with E-state index >= 15 is 0 Å². The molecule has 1 amide bonds. The highest BCUT2D eigenvalue weighted by Crippen LogP contribution is 2.23. The largest absolute Gasteiger partial charge is 0.387 e. The van der Waals surface area contributed by atoms with Gasteiger partial charge in [0.2, 0.25) is 5.91 Å². The molecule has 19 heavy (non-hydrogen) atoms. The number of nitrogens with one attached hydrogen (secondary N) is 1. The van der Waals surface area contributed by atoms with Crippen LogP contribution in [0.5, 0.6) is 0 Å². The number of rotatable bonds is 4. The molecule has 1 saturated heterocycles. The van der Waals surface area contributed by atoms with Gasteiger partial charge in [0.05, 0.1) is 12.1 Å². The summed E-state index contributed by atoms with van der Waals surface area (Å²) < 4.78 is 0. The first kappa shape index (κ1) is 14.3. The summed E-state index contributed by atoms with van der Waals surface area (Å²) in [5.41, 5.74) is 0.787. The van der Waals surface area contributed by atoms with E-state index < -0.39 is 6.10 Å². The lowest BCUT2D eigenvalue weighted by molar-refractivity contribution is -0.125. The third-order valence-electron chi connectivity index (χ3n) is 3.55. The highest BCUT2D eigenvalue weighted by atomic mass is 35.5. The Morgan fingerprint density at radius 1 is 1.63 bits per heavy atom. The fourth-order valence-corrected chi connectivity index (χ4v) is 2.75. The maximum Gasteiger partial charge on any atom is 0.237 e. The van der Waals surface area contributed by atoms with Crippen molar-refractivity contribution in [3.8, 4) is 0 Å². The molecule has 1 aliphatic rings. The van der Waals surface area contributed by atoms with Crippen LogP contribution in [0.1, 0.15) is 24.5 Å². The molecule has 4 nitrogen and oxygen atoms in total. The molecule has 1 fully saturated rings. The van der Waals surface area contributed by atoms with Crippen molar-refractivity contribution >= 4 is 17.5 Å². The van der Waals surface area contributed by atoms with Crippen molar-refractivity contribution < 1.29 is 9.90 Å². The summed E-state index contributed by atoms with van der Waals surface area (Å²) in [4.78, 5) is 13.8. The number of nitrogens with zero attached hydrogens (tertiary/aromatic N) is 1. The number of aliphatic hydroxyl groups excluding tert-OH is 1. The fraction of sp³-hybridized carbons (Fsp3) is 0.500. The average Bonchev–Trinajstić information content (AvgIpc) is 2.86. The van der Waals surface area contributed by atoms with Crippen molar-refractivity contribution in [1.82, 2.24) is 10.2 Å². The van der Waals surface area contributed by atoms with Gasteiger partial charge >= 0.3 is 0 Å². The van der Waals surface area contributed by atoms with E-state index in [2.05, 4.69) is 5.32 Å². The number of carbonyl (C=O) groups is 1. The molecule has 0 saturated carbocycles. The summed E-state index contributed by atoms with van der Waals surface area (Å²) in [5, 5.41) is 13.5. The van der Waals surface area contributed by atoms with Crippen LogP contribution < -0.4 is 5.32 Å². The number of likely N-dealkylation sites (N-methyl/N-ethyl adjacent to an activating group) is 1. The molecule has 5 heteroatoms. The number of benzene rings is 1. The Balaban J connectivity index is 2.02. The molecule has 1 aromatic carbocycles. The van der Waals surface area contributed by atoms with Crippen molar-refractivity contribution in [2.24, 2.45) is 0 Å². The molecule has 0 radical (unpaired) electrons. The summed E-state index contributed by atoms with van der Waals surface area (Å²) in [7, 11) is 1.65. The van der Waals surface area contributed by atoms with E-state index in [1.165, 1.54) is 0 Å². The van der Waals surface area contributed by atoms with E-state index in [-0.39, 0.29) is 11.9 Å². The molecule has 104 valence electrons. The summed E-state index contributed by atoms with van der Waals surface area (Å²) in [6.07, 6.45) is 1.21. The molecule has 0 aromatic heterocycles. The topological polar surface area (TPSA) is 52.6 Å². The maximum absolute atomic E-state index is 11.7. The predicted molar refractivity (Wildman–Crippen MR) is 75.1 cm³/mol. The second-order valence-corrected chi connectivity index (χ2v) is 5.27. The van der Waals surface area contributed by atoms with Crippen LogP contribution in [-0.4, -0.2) is 42.1 Å². The quantitative estimate of drug-likeness (QED) is 0.882. The third-order valence-corrected chi connectivity index (χ3v) is 3.79. The molecule has 2 rings (SSSR count). The van der Waals surface area contributed by atoms with E-state index in [0.717, 1.165) is 24.9 Å². The molecular weight excluding hydrogens is 264 g/mol. The standard InChI is InChI=1S/C14H19ClN2O2/c1-16-14(19)12-6-3-7-17(12)9-13(18)10-4-2-5-11(15)8-10/h2,4-5,8,12-13,18H,3,6-7,9H2,1H3,(H,16,19)/t12-,13-/m0/s1. The van der Waals surface area contributed by atoms with Crippen LogP contribution in [-0.2, 0) is 4.79 Å². The maximum atomic E-state index is 11.7. The minimum Gasteiger partial charge on any atom is -0.387 e. The van der Waals surface area contributed by atoms with Gasteiger partial charge in [0, 0.05) is 18.6 Å². The normalized spacial score (nSPS) is 21.3. The van der Waals surface area contributed by atoms with E-state index in [4.69, 9.17) is 11.6 Å². The van der Waals surface area contributed by atoms with Gasteiger partial charge in [-0.05, 0) is 37.1 Å². The molecule has 1 aromatic rings. The van der Waals surface area contributed by atoms with Crippen LogP contribution in [0.3, 0.4) is 0 Å². The second kappa shape index (κ2) is 6.37. The molecule has 1 aliphatic heterocycles. The summed E-state index contributed by atoms with van der Waals surface area (Å²) in [5.74, 6) is 0.0239. The van der Waals surface area contributed by atoms with E-state index in [1.54, 1.807) is 19.2 Å². The third kappa shape index (κ3) is 3.47. The van der Waals surface area contributed by atoms with Crippen molar-refractivity contribution in [3.05, 3.63) is 34.9 Å². The van der Waals surface area contributed by atoms with Gasteiger partial charge in [-0.1, -0.05) is 23.7 Å². The van der Waals surface area contributed by atoms with Crippen molar-refractivity contribution in [2.75, 3.05) is 20.1 Å².